The van der Waals surface area contributed by atoms with Crippen molar-refractivity contribution in [2.45, 2.75) is 30.9 Å². The number of nitrogens with one attached hydrogen (secondary N) is 1. The summed E-state index contributed by atoms with van der Waals surface area (Å²) in [6.07, 6.45) is 0. The number of benzene rings is 4. The van der Waals surface area contributed by atoms with Crippen molar-refractivity contribution in [2.75, 3.05) is 6.54 Å². The van der Waals surface area contributed by atoms with Crippen LogP contribution >= 0.6 is 0 Å². The van der Waals surface area contributed by atoms with E-state index < -0.39 is 16.0 Å². The second-order valence-electron chi connectivity index (χ2n) is 8.68. The topological polar surface area (TPSA) is 81.7 Å². The molecule has 7 heteroatoms. The van der Waals surface area contributed by atoms with Crippen LogP contribution in [0, 0.1) is 6.92 Å². The molecule has 1 N–H and O–H groups in total. The molecule has 1 unspecified atom stereocenters. The highest BCUT2D eigenvalue weighted by atomic mass is 32.2. The molecule has 0 amide bonds. The Kier molecular flexibility index (Phi) is 8.72. The zero-order valence-electron chi connectivity index (χ0n) is 20.5. The summed E-state index contributed by atoms with van der Waals surface area (Å²) in [6, 6.07) is 32.3. The summed E-state index contributed by atoms with van der Waals surface area (Å²) in [4.78, 5) is 13.2. The summed E-state index contributed by atoms with van der Waals surface area (Å²) < 4.78 is 36.2. The lowest BCUT2D eigenvalue weighted by molar-refractivity contribution is -0.146. The SMILES string of the molecule is Cc1ccc(S(=O)(=O)Oc2ccc(C(CNCc3ccccc3)C(=O)OCc3ccccc3)cc2)cc1. The van der Waals surface area contributed by atoms with Crippen molar-refractivity contribution in [3.8, 4) is 5.75 Å². The third-order valence-corrected chi connectivity index (χ3v) is 7.09. The average molecular weight is 516 g/mol. The van der Waals surface area contributed by atoms with Gasteiger partial charge < -0.3 is 14.2 Å². The number of esters is 1. The molecule has 4 rings (SSSR count). The lowest BCUT2D eigenvalue weighted by Crippen LogP contribution is -2.28. The van der Waals surface area contributed by atoms with E-state index in [1.165, 1.54) is 12.1 Å². The number of aryl methyl sites for hydroxylation is 1. The van der Waals surface area contributed by atoms with Gasteiger partial charge in [-0.3, -0.25) is 4.79 Å². The molecule has 0 saturated heterocycles. The van der Waals surface area contributed by atoms with E-state index in [4.69, 9.17) is 8.92 Å². The number of carbonyl (C=O) groups excluding carboxylic acids is 1. The van der Waals surface area contributed by atoms with E-state index in [-0.39, 0.29) is 23.2 Å². The molecule has 0 heterocycles. The van der Waals surface area contributed by atoms with Crippen LogP contribution in [0.15, 0.2) is 114 Å². The van der Waals surface area contributed by atoms with Crippen LogP contribution in [0.3, 0.4) is 0 Å². The van der Waals surface area contributed by atoms with Crippen molar-refractivity contribution in [3.63, 3.8) is 0 Å². The van der Waals surface area contributed by atoms with Gasteiger partial charge in [0.2, 0.25) is 0 Å². The fraction of sp³-hybridized carbons (Fsp3) is 0.167. The quantitative estimate of drug-likeness (QED) is 0.213. The van der Waals surface area contributed by atoms with Gasteiger partial charge in [-0.25, -0.2) is 0 Å². The van der Waals surface area contributed by atoms with Gasteiger partial charge in [-0.15, -0.1) is 0 Å². The monoisotopic (exact) mass is 515 g/mol. The number of hydrogen-bond donors (Lipinski definition) is 1. The standard InChI is InChI=1S/C30H29NO5S/c1-23-12-18-28(19-13-23)37(33,34)36-27-16-14-26(15-17-27)29(21-31-20-24-8-4-2-5-9-24)30(32)35-22-25-10-6-3-7-11-25/h2-19,29,31H,20-22H2,1H3. The van der Waals surface area contributed by atoms with Gasteiger partial charge in [-0.1, -0.05) is 90.5 Å². The Morgan fingerprint density at radius 1 is 0.784 bits per heavy atom. The van der Waals surface area contributed by atoms with Crippen LogP contribution in [-0.2, 0) is 32.8 Å². The van der Waals surface area contributed by atoms with Gasteiger partial charge in [0.05, 0.1) is 5.92 Å². The minimum Gasteiger partial charge on any atom is -0.460 e. The van der Waals surface area contributed by atoms with Gasteiger partial charge in [0, 0.05) is 13.1 Å². The van der Waals surface area contributed by atoms with E-state index in [9.17, 15) is 13.2 Å². The molecule has 0 aliphatic rings. The first-order chi connectivity index (χ1) is 17.9. The van der Waals surface area contributed by atoms with Crippen LogP contribution in [0.5, 0.6) is 5.75 Å². The summed E-state index contributed by atoms with van der Waals surface area (Å²) in [5, 5.41) is 3.33. The molecule has 37 heavy (non-hydrogen) atoms. The van der Waals surface area contributed by atoms with E-state index in [0.717, 1.165) is 16.7 Å². The fourth-order valence-electron chi connectivity index (χ4n) is 3.76. The Morgan fingerprint density at radius 2 is 1.38 bits per heavy atom. The molecule has 0 aromatic heterocycles. The van der Waals surface area contributed by atoms with Crippen molar-refractivity contribution in [1.29, 1.82) is 0 Å². The van der Waals surface area contributed by atoms with Crippen LogP contribution in [0.4, 0.5) is 0 Å². The van der Waals surface area contributed by atoms with Gasteiger partial charge in [-0.2, -0.15) is 8.42 Å². The summed E-state index contributed by atoms with van der Waals surface area (Å²) in [6.45, 7) is 3.00. The minimum absolute atomic E-state index is 0.0784. The average Bonchev–Trinajstić information content (AvgIpc) is 2.92. The van der Waals surface area contributed by atoms with Crippen LogP contribution in [0.1, 0.15) is 28.2 Å². The molecule has 1 atom stereocenters. The largest absolute Gasteiger partial charge is 0.460 e. The summed E-state index contributed by atoms with van der Waals surface area (Å²) in [7, 11) is -3.97. The lowest BCUT2D eigenvalue weighted by atomic mass is 9.99. The predicted molar refractivity (Wildman–Crippen MR) is 143 cm³/mol. The number of carbonyl (C=O) groups is 1. The Morgan fingerprint density at radius 3 is 2.00 bits per heavy atom. The smallest absolute Gasteiger partial charge is 0.339 e. The molecular formula is C30H29NO5S. The molecule has 6 nitrogen and oxygen atoms in total. The van der Waals surface area contributed by atoms with E-state index in [0.29, 0.717) is 18.7 Å². The van der Waals surface area contributed by atoms with E-state index in [1.807, 2.05) is 67.6 Å². The van der Waals surface area contributed by atoms with E-state index >= 15 is 0 Å². The molecule has 0 radical (unpaired) electrons. The third kappa shape index (κ3) is 7.52. The predicted octanol–water partition coefficient (Wildman–Crippen LogP) is 5.38. The first-order valence-electron chi connectivity index (χ1n) is 12.0. The lowest BCUT2D eigenvalue weighted by Gasteiger charge is -2.18. The second-order valence-corrected chi connectivity index (χ2v) is 10.2. The summed E-state index contributed by atoms with van der Waals surface area (Å²) >= 11 is 0. The molecular weight excluding hydrogens is 486 g/mol. The van der Waals surface area contributed by atoms with E-state index in [2.05, 4.69) is 5.32 Å². The van der Waals surface area contributed by atoms with Gasteiger partial charge in [-0.05, 0) is 47.9 Å². The molecule has 0 spiro atoms. The molecule has 0 saturated carbocycles. The van der Waals surface area contributed by atoms with Crippen molar-refractivity contribution in [1.82, 2.24) is 5.32 Å². The van der Waals surface area contributed by atoms with Crippen molar-refractivity contribution >= 4 is 16.1 Å². The first-order valence-corrected chi connectivity index (χ1v) is 13.4. The van der Waals surface area contributed by atoms with Crippen molar-refractivity contribution in [3.05, 3.63) is 131 Å². The van der Waals surface area contributed by atoms with Crippen LogP contribution in [-0.4, -0.2) is 20.9 Å². The molecule has 0 aliphatic heterocycles. The number of hydrogen-bond acceptors (Lipinski definition) is 6. The highest BCUT2D eigenvalue weighted by Crippen LogP contribution is 2.24. The van der Waals surface area contributed by atoms with Crippen LogP contribution < -0.4 is 9.50 Å². The fourth-order valence-corrected chi connectivity index (χ4v) is 4.69. The maximum atomic E-state index is 13.1. The van der Waals surface area contributed by atoms with Crippen molar-refractivity contribution in [2.24, 2.45) is 0 Å². The Labute approximate surface area is 218 Å². The maximum Gasteiger partial charge on any atom is 0.339 e. The van der Waals surface area contributed by atoms with Gasteiger partial charge in [0.1, 0.15) is 17.3 Å². The van der Waals surface area contributed by atoms with E-state index in [1.54, 1.807) is 36.4 Å². The molecule has 0 fully saturated rings. The van der Waals surface area contributed by atoms with Crippen LogP contribution in [0.25, 0.3) is 0 Å². The third-order valence-electron chi connectivity index (χ3n) is 5.83. The van der Waals surface area contributed by atoms with Crippen molar-refractivity contribution < 1.29 is 22.1 Å². The molecule has 0 aliphatic carbocycles. The van der Waals surface area contributed by atoms with Crippen LogP contribution in [0.2, 0.25) is 0 Å². The molecule has 0 bridgehead atoms. The van der Waals surface area contributed by atoms with Gasteiger partial charge in [0.25, 0.3) is 0 Å². The Hall–Kier alpha value is -3.94. The summed E-state index contributed by atoms with van der Waals surface area (Å²) in [5.41, 5.74) is 3.65. The highest BCUT2D eigenvalue weighted by Gasteiger charge is 2.23. The zero-order valence-corrected chi connectivity index (χ0v) is 21.4. The Bertz CT molecular complexity index is 1390. The highest BCUT2D eigenvalue weighted by molar-refractivity contribution is 7.87. The zero-order chi connectivity index (χ0) is 26.1. The summed E-state index contributed by atoms with van der Waals surface area (Å²) in [5.74, 6) is -0.793. The Balaban J connectivity index is 1.46. The number of ether oxygens (including phenoxy) is 1. The van der Waals surface area contributed by atoms with Gasteiger partial charge >= 0.3 is 16.1 Å². The first kappa shape index (κ1) is 26.1. The minimum atomic E-state index is -3.97. The molecule has 190 valence electrons. The maximum absolute atomic E-state index is 13.1. The second kappa shape index (κ2) is 12.3. The molecule has 4 aromatic rings. The van der Waals surface area contributed by atoms with Gasteiger partial charge in [0.15, 0.2) is 0 Å². The normalized spacial score (nSPS) is 12.0. The number of rotatable bonds is 11. The molecule has 4 aromatic carbocycles.